The van der Waals surface area contributed by atoms with E-state index in [1.807, 2.05) is 0 Å². The van der Waals surface area contributed by atoms with E-state index in [-0.39, 0.29) is 17.5 Å². The number of fused-ring (bicyclic) bond motifs is 1. The summed E-state index contributed by atoms with van der Waals surface area (Å²) < 4.78 is 10.2. The monoisotopic (exact) mass is 247 g/mol. The third kappa shape index (κ3) is 1.65. The Kier molecular flexibility index (Phi) is 2.36. The molecule has 92 valence electrons. The van der Waals surface area contributed by atoms with E-state index in [1.54, 1.807) is 18.5 Å². The number of aromatic nitrogens is 2. The molecule has 18 heavy (non-hydrogen) atoms. The molecule has 0 spiro atoms. The molecule has 0 unspecified atom stereocenters. The Morgan fingerprint density at radius 3 is 3.17 bits per heavy atom. The number of aromatic hydroxyl groups is 1. The predicted octanol–water partition coefficient (Wildman–Crippen LogP) is 0.814. The van der Waals surface area contributed by atoms with Gasteiger partial charge in [-0.1, -0.05) is 0 Å². The molecule has 1 aliphatic heterocycles. The Hall–Kier alpha value is -2.57. The molecular formula is C11H9N3O4. The number of pyridine rings is 1. The van der Waals surface area contributed by atoms with Gasteiger partial charge in [-0.3, -0.25) is 14.7 Å². The minimum Gasteiger partial charge on any atom is -0.491 e. The largest absolute Gasteiger partial charge is 0.491 e. The molecule has 2 aromatic rings. The van der Waals surface area contributed by atoms with Crippen molar-refractivity contribution < 1.29 is 19.2 Å². The van der Waals surface area contributed by atoms with Gasteiger partial charge in [0, 0.05) is 12.3 Å². The van der Waals surface area contributed by atoms with Gasteiger partial charge in [-0.05, 0) is 5.16 Å². The number of hydrogen-bond donors (Lipinski definition) is 1. The first-order chi connectivity index (χ1) is 8.75. The SMILES string of the molecule is O=C(c1cc(O)no1)N1CCOc2ccncc21. The minimum atomic E-state index is -0.389. The van der Waals surface area contributed by atoms with Crippen molar-refractivity contribution in [1.29, 1.82) is 0 Å². The van der Waals surface area contributed by atoms with Gasteiger partial charge in [0.25, 0.3) is 11.8 Å². The molecule has 3 rings (SSSR count). The summed E-state index contributed by atoms with van der Waals surface area (Å²) in [6, 6.07) is 2.86. The highest BCUT2D eigenvalue weighted by molar-refractivity contribution is 6.05. The summed E-state index contributed by atoms with van der Waals surface area (Å²) in [7, 11) is 0. The number of hydrogen-bond acceptors (Lipinski definition) is 6. The summed E-state index contributed by atoms with van der Waals surface area (Å²) in [4.78, 5) is 17.6. The van der Waals surface area contributed by atoms with Crippen LogP contribution in [0, 0.1) is 0 Å². The van der Waals surface area contributed by atoms with Crippen LogP contribution >= 0.6 is 0 Å². The maximum absolute atomic E-state index is 12.2. The van der Waals surface area contributed by atoms with Gasteiger partial charge in [-0.2, -0.15) is 0 Å². The van der Waals surface area contributed by atoms with Crippen molar-refractivity contribution in [2.75, 3.05) is 18.1 Å². The zero-order valence-electron chi connectivity index (χ0n) is 9.24. The molecule has 1 aliphatic rings. The summed E-state index contributed by atoms with van der Waals surface area (Å²) in [6.07, 6.45) is 3.13. The minimum absolute atomic E-state index is 0.0239. The van der Waals surface area contributed by atoms with E-state index in [9.17, 15) is 4.79 Å². The second-order valence-corrected chi connectivity index (χ2v) is 3.70. The molecule has 7 nitrogen and oxygen atoms in total. The lowest BCUT2D eigenvalue weighted by atomic mass is 10.2. The van der Waals surface area contributed by atoms with Gasteiger partial charge in [-0.25, -0.2) is 0 Å². The molecule has 0 aliphatic carbocycles. The first kappa shape index (κ1) is 10.6. The first-order valence-corrected chi connectivity index (χ1v) is 5.30. The topological polar surface area (TPSA) is 88.7 Å². The highest BCUT2D eigenvalue weighted by Gasteiger charge is 2.27. The lowest BCUT2D eigenvalue weighted by molar-refractivity contribution is 0.0940. The Bertz CT molecular complexity index is 595. The van der Waals surface area contributed by atoms with Gasteiger partial charge in [0.15, 0.2) is 0 Å². The normalized spacial score (nSPS) is 13.9. The smallest absolute Gasteiger partial charge is 0.297 e. The van der Waals surface area contributed by atoms with E-state index in [0.717, 1.165) is 0 Å². The maximum Gasteiger partial charge on any atom is 0.297 e. The molecule has 1 amide bonds. The third-order valence-electron chi connectivity index (χ3n) is 2.58. The van der Waals surface area contributed by atoms with Crippen LogP contribution < -0.4 is 9.64 Å². The average Bonchev–Trinajstić information content (AvgIpc) is 2.84. The van der Waals surface area contributed by atoms with E-state index in [1.165, 1.54) is 11.0 Å². The average molecular weight is 247 g/mol. The highest BCUT2D eigenvalue weighted by atomic mass is 16.5. The second-order valence-electron chi connectivity index (χ2n) is 3.70. The van der Waals surface area contributed by atoms with E-state index in [2.05, 4.69) is 10.1 Å². The number of anilines is 1. The van der Waals surface area contributed by atoms with Crippen molar-refractivity contribution in [1.82, 2.24) is 10.1 Å². The quantitative estimate of drug-likeness (QED) is 0.802. The van der Waals surface area contributed by atoms with Crippen molar-refractivity contribution >= 4 is 11.6 Å². The Labute approximate surface area is 102 Å². The lowest BCUT2D eigenvalue weighted by Gasteiger charge is -2.27. The molecule has 0 atom stereocenters. The summed E-state index contributed by atoms with van der Waals surface area (Å²) in [5.74, 6) is -0.143. The summed E-state index contributed by atoms with van der Waals surface area (Å²) in [5, 5.41) is 12.4. The van der Waals surface area contributed by atoms with Crippen LogP contribution in [0.4, 0.5) is 5.69 Å². The van der Waals surface area contributed by atoms with E-state index < -0.39 is 0 Å². The van der Waals surface area contributed by atoms with Gasteiger partial charge in [-0.15, -0.1) is 0 Å². The first-order valence-electron chi connectivity index (χ1n) is 5.30. The van der Waals surface area contributed by atoms with Crippen molar-refractivity contribution in [2.45, 2.75) is 0 Å². The molecule has 2 aromatic heterocycles. The molecule has 3 heterocycles. The standard InChI is InChI=1S/C11H9N3O4/c15-10-5-9(18-13-10)11(16)14-3-4-17-8-1-2-12-6-7(8)14/h1-2,5-6H,3-4H2,(H,13,15). The highest BCUT2D eigenvalue weighted by Crippen LogP contribution is 2.31. The third-order valence-corrected chi connectivity index (χ3v) is 2.58. The lowest BCUT2D eigenvalue weighted by Crippen LogP contribution is -2.37. The van der Waals surface area contributed by atoms with Crippen LogP contribution in [-0.4, -0.2) is 34.3 Å². The molecule has 0 radical (unpaired) electrons. The molecule has 0 saturated carbocycles. The molecule has 0 aromatic carbocycles. The van der Waals surface area contributed by atoms with Crippen LogP contribution in [0.25, 0.3) is 0 Å². The van der Waals surface area contributed by atoms with Crippen molar-refractivity contribution in [3.63, 3.8) is 0 Å². The van der Waals surface area contributed by atoms with Gasteiger partial charge in [0.1, 0.15) is 18.0 Å². The fraction of sp³-hybridized carbons (Fsp3) is 0.182. The van der Waals surface area contributed by atoms with Gasteiger partial charge < -0.3 is 14.4 Å². The van der Waals surface area contributed by atoms with Crippen LogP contribution in [-0.2, 0) is 0 Å². The predicted molar refractivity (Wildman–Crippen MR) is 59.6 cm³/mol. The molecule has 1 N–H and O–H groups in total. The molecular weight excluding hydrogens is 238 g/mol. The van der Waals surface area contributed by atoms with E-state index >= 15 is 0 Å². The van der Waals surface area contributed by atoms with Crippen LogP contribution in [0.15, 0.2) is 29.0 Å². The molecule has 0 bridgehead atoms. The number of carbonyl (C=O) groups is 1. The van der Waals surface area contributed by atoms with Crippen molar-refractivity contribution in [3.05, 3.63) is 30.3 Å². The number of nitrogens with zero attached hydrogens (tertiary/aromatic N) is 3. The van der Waals surface area contributed by atoms with Crippen molar-refractivity contribution in [2.24, 2.45) is 0 Å². The van der Waals surface area contributed by atoms with Gasteiger partial charge in [0.05, 0.1) is 18.8 Å². The Morgan fingerprint density at radius 1 is 1.50 bits per heavy atom. The fourth-order valence-electron chi connectivity index (χ4n) is 1.78. The molecule has 0 saturated heterocycles. The van der Waals surface area contributed by atoms with Gasteiger partial charge >= 0.3 is 0 Å². The zero-order chi connectivity index (χ0) is 12.5. The molecule has 7 heteroatoms. The van der Waals surface area contributed by atoms with E-state index in [4.69, 9.17) is 14.4 Å². The number of ether oxygens (including phenoxy) is 1. The summed E-state index contributed by atoms with van der Waals surface area (Å²) in [6.45, 7) is 0.780. The number of carbonyl (C=O) groups excluding carboxylic acids is 1. The number of amides is 1. The van der Waals surface area contributed by atoms with E-state index in [0.29, 0.717) is 24.6 Å². The van der Waals surface area contributed by atoms with Crippen LogP contribution in [0.3, 0.4) is 0 Å². The molecule has 0 fully saturated rings. The second kappa shape index (κ2) is 4.02. The number of rotatable bonds is 1. The maximum atomic E-state index is 12.2. The fourth-order valence-corrected chi connectivity index (χ4v) is 1.78. The van der Waals surface area contributed by atoms with Crippen LogP contribution in [0.5, 0.6) is 11.6 Å². The van der Waals surface area contributed by atoms with Crippen LogP contribution in [0.1, 0.15) is 10.6 Å². The summed E-state index contributed by atoms with van der Waals surface area (Å²) in [5.41, 5.74) is 0.574. The Balaban J connectivity index is 1.96. The van der Waals surface area contributed by atoms with Gasteiger partial charge in [0.2, 0.25) is 5.76 Å². The summed E-state index contributed by atoms with van der Waals surface area (Å²) >= 11 is 0. The van der Waals surface area contributed by atoms with Crippen LogP contribution in [0.2, 0.25) is 0 Å². The zero-order valence-corrected chi connectivity index (χ0v) is 9.24. The Morgan fingerprint density at radius 2 is 2.39 bits per heavy atom. The van der Waals surface area contributed by atoms with Crippen molar-refractivity contribution in [3.8, 4) is 11.6 Å².